The van der Waals surface area contributed by atoms with Crippen molar-refractivity contribution in [3.05, 3.63) is 58.6 Å². The van der Waals surface area contributed by atoms with E-state index in [1.54, 1.807) is 25.3 Å². The van der Waals surface area contributed by atoms with E-state index in [1.807, 2.05) is 24.3 Å². The molecule has 19 heavy (non-hydrogen) atoms. The van der Waals surface area contributed by atoms with Gasteiger partial charge < -0.3 is 14.6 Å². The molecule has 2 aromatic rings. The van der Waals surface area contributed by atoms with E-state index in [9.17, 15) is 5.11 Å². The summed E-state index contributed by atoms with van der Waals surface area (Å²) < 4.78 is 10.8. The summed E-state index contributed by atoms with van der Waals surface area (Å²) in [6.45, 7) is 0.415. The molecule has 0 heterocycles. The van der Waals surface area contributed by atoms with E-state index in [1.165, 1.54) is 0 Å². The summed E-state index contributed by atoms with van der Waals surface area (Å²) in [7, 11) is 1.65. The van der Waals surface area contributed by atoms with Crippen molar-refractivity contribution in [2.45, 2.75) is 13.2 Å². The average molecular weight is 279 g/mol. The second-order valence-electron chi connectivity index (χ2n) is 4.09. The molecule has 4 heteroatoms. The first-order valence-electron chi connectivity index (χ1n) is 5.88. The lowest BCUT2D eigenvalue weighted by Gasteiger charge is -2.11. The number of halogens is 1. The molecule has 0 spiro atoms. The van der Waals surface area contributed by atoms with Crippen LogP contribution in [0.2, 0.25) is 5.02 Å². The van der Waals surface area contributed by atoms with Gasteiger partial charge in [-0.3, -0.25) is 0 Å². The van der Waals surface area contributed by atoms with E-state index in [4.69, 9.17) is 21.1 Å². The third kappa shape index (κ3) is 3.70. The number of methoxy groups -OCH3 is 1. The fourth-order valence-electron chi connectivity index (χ4n) is 1.76. The molecular formula is C15H15ClO3. The summed E-state index contributed by atoms with van der Waals surface area (Å²) in [5.41, 5.74) is 1.68. The second kappa shape index (κ2) is 6.57. The van der Waals surface area contributed by atoms with Gasteiger partial charge in [0.25, 0.3) is 0 Å². The monoisotopic (exact) mass is 278 g/mol. The molecule has 100 valence electrons. The summed E-state index contributed by atoms with van der Waals surface area (Å²) in [5.74, 6) is 1.30. The van der Waals surface area contributed by atoms with E-state index in [2.05, 4.69) is 0 Å². The minimum absolute atomic E-state index is 0.117. The molecule has 0 aliphatic rings. The van der Waals surface area contributed by atoms with Crippen LogP contribution in [-0.2, 0) is 18.0 Å². The van der Waals surface area contributed by atoms with Gasteiger partial charge >= 0.3 is 0 Å². The standard InChI is InChI=1S/C15H15ClO3/c1-18-10-11-3-2-4-14(7-11)19-15-6-5-13(16)8-12(15)9-17/h2-8,17H,9-10H2,1H3. The molecule has 2 rings (SSSR count). The lowest BCUT2D eigenvalue weighted by atomic mass is 10.2. The Hall–Kier alpha value is -1.55. The van der Waals surface area contributed by atoms with Crippen LogP contribution in [0.1, 0.15) is 11.1 Å². The molecule has 0 bridgehead atoms. The van der Waals surface area contributed by atoms with Gasteiger partial charge in [0.1, 0.15) is 11.5 Å². The van der Waals surface area contributed by atoms with Crippen LogP contribution in [0.3, 0.4) is 0 Å². The molecule has 1 N–H and O–H groups in total. The van der Waals surface area contributed by atoms with Gasteiger partial charge in [-0.25, -0.2) is 0 Å². The van der Waals surface area contributed by atoms with Crippen molar-refractivity contribution in [1.82, 2.24) is 0 Å². The van der Waals surface area contributed by atoms with Crippen LogP contribution in [0.5, 0.6) is 11.5 Å². The maximum Gasteiger partial charge on any atom is 0.133 e. The van der Waals surface area contributed by atoms with Crippen LogP contribution in [0.25, 0.3) is 0 Å². The molecule has 3 nitrogen and oxygen atoms in total. The number of aliphatic hydroxyl groups is 1. The van der Waals surface area contributed by atoms with Crippen molar-refractivity contribution in [3.8, 4) is 11.5 Å². The first-order chi connectivity index (χ1) is 9.22. The molecule has 0 radical (unpaired) electrons. The van der Waals surface area contributed by atoms with Crippen LogP contribution < -0.4 is 4.74 Å². The van der Waals surface area contributed by atoms with Crippen molar-refractivity contribution in [1.29, 1.82) is 0 Å². The fraction of sp³-hybridized carbons (Fsp3) is 0.200. The fourth-order valence-corrected chi connectivity index (χ4v) is 1.96. The highest BCUT2D eigenvalue weighted by Crippen LogP contribution is 2.28. The first-order valence-corrected chi connectivity index (χ1v) is 6.25. The van der Waals surface area contributed by atoms with Crippen LogP contribution in [0, 0.1) is 0 Å². The molecule has 0 aliphatic heterocycles. The Bertz CT molecular complexity index is 555. The number of ether oxygens (including phenoxy) is 2. The Labute approximate surface area is 117 Å². The van der Waals surface area contributed by atoms with Crippen LogP contribution in [-0.4, -0.2) is 12.2 Å². The summed E-state index contributed by atoms with van der Waals surface area (Å²) in [6, 6.07) is 12.8. The number of hydrogen-bond acceptors (Lipinski definition) is 3. The normalized spacial score (nSPS) is 10.5. The third-order valence-electron chi connectivity index (χ3n) is 2.63. The summed E-state index contributed by atoms with van der Waals surface area (Å²) in [6.07, 6.45) is 0. The Morgan fingerprint density at radius 1 is 1.16 bits per heavy atom. The second-order valence-corrected chi connectivity index (χ2v) is 4.53. The van der Waals surface area contributed by atoms with Gasteiger partial charge in [-0.2, -0.15) is 0 Å². The van der Waals surface area contributed by atoms with E-state index in [-0.39, 0.29) is 6.61 Å². The predicted octanol–water partition coefficient (Wildman–Crippen LogP) is 3.77. The minimum atomic E-state index is -0.117. The topological polar surface area (TPSA) is 38.7 Å². The average Bonchev–Trinajstić information content (AvgIpc) is 2.41. The zero-order valence-corrected chi connectivity index (χ0v) is 11.4. The van der Waals surface area contributed by atoms with E-state index < -0.39 is 0 Å². The zero-order valence-electron chi connectivity index (χ0n) is 10.6. The minimum Gasteiger partial charge on any atom is -0.457 e. The van der Waals surface area contributed by atoms with Crippen molar-refractivity contribution in [3.63, 3.8) is 0 Å². The van der Waals surface area contributed by atoms with Crippen LogP contribution in [0.15, 0.2) is 42.5 Å². The van der Waals surface area contributed by atoms with Crippen molar-refractivity contribution >= 4 is 11.6 Å². The maximum atomic E-state index is 9.30. The smallest absolute Gasteiger partial charge is 0.133 e. The molecule has 0 aromatic heterocycles. The molecule has 0 amide bonds. The molecule has 0 saturated carbocycles. The Balaban J connectivity index is 2.23. The lowest BCUT2D eigenvalue weighted by Crippen LogP contribution is -1.93. The number of rotatable bonds is 5. The SMILES string of the molecule is COCc1cccc(Oc2ccc(Cl)cc2CO)c1. The third-order valence-corrected chi connectivity index (χ3v) is 2.87. The van der Waals surface area contributed by atoms with Gasteiger partial charge in [0.2, 0.25) is 0 Å². The first kappa shape index (κ1) is 13.9. The van der Waals surface area contributed by atoms with Crippen molar-refractivity contribution in [2.24, 2.45) is 0 Å². The van der Waals surface area contributed by atoms with Gasteiger partial charge in [0.05, 0.1) is 13.2 Å². The van der Waals surface area contributed by atoms with Crippen molar-refractivity contribution in [2.75, 3.05) is 7.11 Å². The van der Waals surface area contributed by atoms with Gasteiger partial charge in [0, 0.05) is 17.7 Å². The lowest BCUT2D eigenvalue weighted by molar-refractivity contribution is 0.184. The highest BCUT2D eigenvalue weighted by atomic mass is 35.5. The largest absolute Gasteiger partial charge is 0.457 e. The highest BCUT2D eigenvalue weighted by Gasteiger charge is 2.06. The molecule has 0 aliphatic carbocycles. The van der Waals surface area contributed by atoms with Gasteiger partial charge in [-0.1, -0.05) is 23.7 Å². The summed E-state index contributed by atoms with van der Waals surface area (Å²) >= 11 is 5.88. The molecule has 2 aromatic carbocycles. The molecule has 0 atom stereocenters. The van der Waals surface area contributed by atoms with Gasteiger partial charge in [-0.05, 0) is 35.9 Å². The number of hydrogen-bond donors (Lipinski definition) is 1. The number of aliphatic hydroxyl groups excluding tert-OH is 1. The molecule has 0 fully saturated rings. The van der Waals surface area contributed by atoms with E-state index >= 15 is 0 Å². The molecule has 0 saturated heterocycles. The Kier molecular flexibility index (Phi) is 4.80. The Morgan fingerprint density at radius 3 is 2.74 bits per heavy atom. The Morgan fingerprint density at radius 2 is 2.00 bits per heavy atom. The highest BCUT2D eigenvalue weighted by molar-refractivity contribution is 6.30. The summed E-state index contributed by atoms with van der Waals surface area (Å²) in [4.78, 5) is 0. The quantitative estimate of drug-likeness (QED) is 0.905. The van der Waals surface area contributed by atoms with Crippen LogP contribution in [0.4, 0.5) is 0 Å². The van der Waals surface area contributed by atoms with E-state index in [0.29, 0.717) is 28.7 Å². The summed E-state index contributed by atoms with van der Waals surface area (Å²) in [5, 5.41) is 9.87. The van der Waals surface area contributed by atoms with Gasteiger partial charge in [-0.15, -0.1) is 0 Å². The zero-order chi connectivity index (χ0) is 13.7. The van der Waals surface area contributed by atoms with Crippen molar-refractivity contribution < 1.29 is 14.6 Å². The number of benzene rings is 2. The maximum absolute atomic E-state index is 9.30. The van der Waals surface area contributed by atoms with Gasteiger partial charge in [0.15, 0.2) is 0 Å². The molecular weight excluding hydrogens is 264 g/mol. The van der Waals surface area contributed by atoms with Crippen LogP contribution >= 0.6 is 11.6 Å². The molecule has 0 unspecified atom stereocenters. The van der Waals surface area contributed by atoms with E-state index in [0.717, 1.165) is 5.56 Å². The predicted molar refractivity (Wildman–Crippen MR) is 74.6 cm³/mol.